The predicted molar refractivity (Wildman–Crippen MR) is 114 cm³/mol. The Balaban J connectivity index is 1.75. The Kier molecular flexibility index (Phi) is 5.75. The fraction of sp³-hybridized carbons (Fsp3) is 0.455. The van der Waals surface area contributed by atoms with Crippen molar-refractivity contribution in [3.63, 3.8) is 0 Å². The predicted octanol–water partition coefficient (Wildman–Crippen LogP) is 2.80. The number of carbonyl (C=O) groups is 3. The molecular weight excluding hydrogens is 420 g/mol. The molecule has 2 aromatic rings. The molecule has 2 heterocycles. The molecular formula is C22H25ClN4O4. The molecule has 9 heteroatoms. The number of fused-ring (bicyclic) bond motifs is 1. The van der Waals surface area contributed by atoms with Crippen LogP contribution in [0.2, 0.25) is 5.02 Å². The fourth-order valence-electron chi connectivity index (χ4n) is 4.39. The molecule has 2 amide bonds. The molecule has 1 aromatic heterocycles. The minimum absolute atomic E-state index is 0.0603. The van der Waals surface area contributed by atoms with Crippen molar-refractivity contribution in [1.82, 2.24) is 19.8 Å². The topological polar surface area (TPSA) is 93.5 Å². The van der Waals surface area contributed by atoms with E-state index in [-0.39, 0.29) is 36.4 Å². The van der Waals surface area contributed by atoms with Crippen LogP contribution in [-0.2, 0) is 22.6 Å². The summed E-state index contributed by atoms with van der Waals surface area (Å²) in [4.78, 5) is 44.8. The number of esters is 1. The summed E-state index contributed by atoms with van der Waals surface area (Å²) in [5.74, 6) is -1.38. The first-order chi connectivity index (χ1) is 14.8. The van der Waals surface area contributed by atoms with Gasteiger partial charge in [-0.05, 0) is 31.4 Å². The molecule has 1 aliphatic carbocycles. The van der Waals surface area contributed by atoms with Gasteiger partial charge in [-0.25, -0.2) is 9.78 Å². The minimum Gasteiger partial charge on any atom is -0.464 e. The van der Waals surface area contributed by atoms with Crippen LogP contribution in [0, 0.1) is 0 Å². The molecule has 0 bridgehead atoms. The summed E-state index contributed by atoms with van der Waals surface area (Å²) in [6.45, 7) is 2.03. The van der Waals surface area contributed by atoms with Crippen LogP contribution in [0.4, 0.5) is 0 Å². The number of hydrogen-bond donors (Lipinski definition) is 1. The average molecular weight is 445 g/mol. The van der Waals surface area contributed by atoms with Crippen LogP contribution in [0.25, 0.3) is 0 Å². The largest absolute Gasteiger partial charge is 0.464 e. The van der Waals surface area contributed by atoms with E-state index in [1.807, 2.05) is 12.1 Å². The highest BCUT2D eigenvalue weighted by Crippen LogP contribution is 2.32. The Morgan fingerprint density at radius 1 is 1.29 bits per heavy atom. The first-order valence-corrected chi connectivity index (χ1v) is 10.7. The van der Waals surface area contributed by atoms with Gasteiger partial charge in [0.25, 0.3) is 5.91 Å². The Morgan fingerprint density at radius 3 is 2.68 bits per heavy atom. The zero-order valence-electron chi connectivity index (χ0n) is 17.6. The summed E-state index contributed by atoms with van der Waals surface area (Å²) in [6.07, 6.45) is 5.44. The molecule has 1 N–H and O–H groups in total. The van der Waals surface area contributed by atoms with E-state index in [2.05, 4.69) is 10.3 Å². The van der Waals surface area contributed by atoms with E-state index < -0.39 is 17.4 Å². The molecule has 1 aliphatic heterocycles. The molecule has 0 saturated heterocycles. The number of hydrogen-bond acceptors (Lipinski definition) is 5. The second-order valence-electron chi connectivity index (χ2n) is 8.27. The molecule has 2 aliphatic rings. The second-order valence-corrected chi connectivity index (χ2v) is 8.68. The Bertz CT molecular complexity index is 1030. The summed E-state index contributed by atoms with van der Waals surface area (Å²) in [5, 5.41) is 3.62. The summed E-state index contributed by atoms with van der Waals surface area (Å²) in [5.41, 5.74) is -0.412. The Hall–Kier alpha value is -2.87. The van der Waals surface area contributed by atoms with Gasteiger partial charge in [0.15, 0.2) is 5.69 Å². The maximum Gasteiger partial charge on any atom is 0.359 e. The Labute approximate surface area is 185 Å². The number of imidazole rings is 1. The van der Waals surface area contributed by atoms with E-state index in [1.54, 1.807) is 23.6 Å². The van der Waals surface area contributed by atoms with Crippen molar-refractivity contribution < 1.29 is 19.1 Å². The zero-order chi connectivity index (χ0) is 22.2. The highest BCUT2D eigenvalue weighted by atomic mass is 35.5. The summed E-state index contributed by atoms with van der Waals surface area (Å²) < 4.78 is 6.35. The van der Waals surface area contributed by atoms with Gasteiger partial charge in [-0.2, -0.15) is 0 Å². The lowest BCUT2D eigenvalue weighted by Crippen LogP contribution is -2.64. The number of ether oxygens (including phenoxy) is 1. The molecule has 1 saturated carbocycles. The van der Waals surface area contributed by atoms with E-state index in [9.17, 15) is 14.4 Å². The number of amides is 2. The van der Waals surface area contributed by atoms with E-state index in [0.29, 0.717) is 10.6 Å². The summed E-state index contributed by atoms with van der Waals surface area (Å²) in [7, 11) is 1.24. The van der Waals surface area contributed by atoms with Gasteiger partial charge in [-0.1, -0.05) is 42.6 Å². The van der Waals surface area contributed by atoms with Gasteiger partial charge in [0.2, 0.25) is 5.91 Å². The minimum atomic E-state index is -1.18. The quantitative estimate of drug-likeness (QED) is 0.716. The third-order valence-electron chi connectivity index (χ3n) is 6.20. The van der Waals surface area contributed by atoms with Gasteiger partial charge in [-0.3, -0.25) is 9.59 Å². The van der Waals surface area contributed by atoms with Gasteiger partial charge in [-0.15, -0.1) is 0 Å². The molecule has 8 nitrogen and oxygen atoms in total. The Morgan fingerprint density at radius 2 is 2.00 bits per heavy atom. The first-order valence-electron chi connectivity index (χ1n) is 10.3. The zero-order valence-corrected chi connectivity index (χ0v) is 18.3. The smallest absolute Gasteiger partial charge is 0.359 e. The number of aromatic nitrogens is 2. The molecule has 1 atom stereocenters. The summed E-state index contributed by atoms with van der Waals surface area (Å²) >= 11 is 6.35. The van der Waals surface area contributed by atoms with Crippen LogP contribution in [0.1, 0.15) is 59.1 Å². The van der Waals surface area contributed by atoms with E-state index >= 15 is 0 Å². The van der Waals surface area contributed by atoms with Crippen molar-refractivity contribution in [3.8, 4) is 0 Å². The fourth-order valence-corrected chi connectivity index (χ4v) is 4.59. The van der Waals surface area contributed by atoms with Crippen LogP contribution in [0.15, 0.2) is 30.6 Å². The molecule has 4 rings (SSSR count). The van der Waals surface area contributed by atoms with Crippen molar-refractivity contribution in [2.75, 3.05) is 7.11 Å². The average Bonchev–Trinajstić information content (AvgIpc) is 3.41. The standard InChI is InChI=1S/C22H25ClN4O4/c1-22(21(30)25-15-8-4-5-9-15)12-26-13-24-17(20(29)31-2)18(26)19(28)27(22)11-14-7-3-6-10-16(14)23/h3,6-7,10,13,15H,4-5,8-9,11-12H2,1-2H3,(H,25,30). The number of methoxy groups -OCH3 is 1. The number of rotatable bonds is 5. The molecule has 1 aromatic carbocycles. The maximum atomic E-state index is 13.6. The van der Waals surface area contributed by atoms with E-state index in [0.717, 1.165) is 25.7 Å². The van der Waals surface area contributed by atoms with Gasteiger partial charge < -0.3 is 19.5 Å². The third-order valence-corrected chi connectivity index (χ3v) is 6.57. The van der Waals surface area contributed by atoms with Crippen molar-refractivity contribution in [2.45, 2.75) is 57.3 Å². The molecule has 0 radical (unpaired) electrons. The van der Waals surface area contributed by atoms with Crippen LogP contribution in [-0.4, -0.2) is 50.9 Å². The normalized spacial score (nSPS) is 21.1. The molecule has 1 fully saturated rings. The van der Waals surface area contributed by atoms with Gasteiger partial charge in [0.1, 0.15) is 11.2 Å². The van der Waals surface area contributed by atoms with Crippen LogP contribution >= 0.6 is 11.6 Å². The number of nitrogens with zero attached hydrogens (tertiary/aromatic N) is 3. The van der Waals surface area contributed by atoms with Crippen molar-refractivity contribution in [3.05, 3.63) is 52.6 Å². The van der Waals surface area contributed by atoms with Gasteiger partial charge in [0, 0.05) is 17.6 Å². The highest BCUT2D eigenvalue weighted by molar-refractivity contribution is 6.31. The lowest BCUT2D eigenvalue weighted by molar-refractivity contribution is -0.134. The lowest BCUT2D eigenvalue weighted by Gasteiger charge is -2.44. The SMILES string of the molecule is COC(=O)c1ncn2c1C(=O)N(Cc1ccccc1Cl)C(C)(C(=O)NC1CCCC1)C2. The number of halogens is 1. The van der Waals surface area contributed by atoms with E-state index in [1.165, 1.54) is 18.3 Å². The van der Waals surface area contributed by atoms with Crippen molar-refractivity contribution >= 4 is 29.4 Å². The lowest BCUT2D eigenvalue weighted by atomic mass is 9.93. The molecule has 31 heavy (non-hydrogen) atoms. The maximum absolute atomic E-state index is 13.6. The van der Waals surface area contributed by atoms with Crippen molar-refractivity contribution in [2.24, 2.45) is 0 Å². The molecule has 164 valence electrons. The second kappa shape index (κ2) is 8.34. The monoisotopic (exact) mass is 444 g/mol. The van der Waals surface area contributed by atoms with Gasteiger partial charge >= 0.3 is 5.97 Å². The highest BCUT2D eigenvalue weighted by Gasteiger charge is 2.49. The molecule has 0 spiro atoms. The van der Waals surface area contributed by atoms with Crippen LogP contribution in [0.5, 0.6) is 0 Å². The third kappa shape index (κ3) is 3.80. The number of carbonyl (C=O) groups excluding carboxylic acids is 3. The first kappa shape index (κ1) is 21.4. The van der Waals surface area contributed by atoms with Gasteiger partial charge in [0.05, 0.1) is 20.0 Å². The number of nitrogens with one attached hydrogen (secondary N) is 1. The van der Waals surface area contributed by atoms with Crippen LogP contribution < -0.4 is 5.32 Å². The summed E-state index contributed by atoms with van der Waals surface area (Å²) in [6, 6.07) is 7.30. The number of benzene rings is 1. The van der Waals surface area contributed by atoms with Crippen LogP contribution in [0.3, 0.4) is 0 Å². The molecule has 1 unspecified atom stereocenters. The van der Waals surface area contributed by atoms with Crippen molar-refractivity contribution in [1.29, 1.82) is 0 Å². The van der Waals surface area contributed by atoms with E-state index in [4.69, 9.17) is 16.3 Å².